The van der Waals surface area contributed by atoms with Crippen LogP contribution in [0.2, 0.25) is 0 Å². The lowest BCUT2D eigenvalue weighted by atomic mass is 9.99. The van der Waals surface area contributed by atoms with Crippen LogP contribution in [0.3, 0.4) is 0 Å². The van der Waals surface area contributed by atoms with E-state index in [-0.39, 0.29) is 59.2 Å². The normalized spacial score (nSPS) is 17.2. The molecule has 0 spiro atoms. The van der Waals surface area contributed by atoms with Gasteiger partial charge < -0.3 is 19.7 Å². The lowest BCUT2D eigenvalue weighted by Crippen LogP contribution is -2.51. The first-order valence-electron chi connectivity index (χ1n) is 14.3. The molecule has 46 heavy (non-hydrogen) atoms. The molecule has 13 heteroatoms. The number of halogens is 2. The number of benzene rings is 3. The summed E-state index contributed by atoms with van der Waals surface area (Å²) in [6.45, 7) is 0.202. The maximum absolute atomic E-state index is 15.3. The number of alkyl halides is 2. The molecule has 1 fully saturated rings. The highest BCUT2D eigenvalue weighted by Crippen LogP contribution is 2.41. The quantitative estimate of drug-likeness (QED) is 0.310. The van der Waals surface area contributed by atoms with Gasteiger partial charge in [0.2, 0.25) is 5.91 Å². The van der Waals surface area contributed by atoms with Gasteiger partial charge in [-0.25, -0.2) is 0 Å². The Balaban J connectivity index is 1.36. The number of anilines is 2. The molecule has 234 valence electrons. The van der Waals surface area contributed by atoms with Crippen molar-refractivity contribution in [1.29, 1.82) is 5.26 Å². The van der Waals surface area contributed by atoms with Gasteiger partial charge in [-0.05, 0) is 30.3 Å². The second-order valence-electron chi connectivity index (χ2n) is 10.9. The lowest BCUT2D eigenvalue weighted by molar-refractivity contribution is -0.134. The maximum Gasteiger partial charge on any atom is 0.298 e. The summed E-state index contributed by atoms with van der Waals surface area (Å²) in [5.74, 6) is -4.37. The van der Waals surface area contributed by atoms with E-state index < -0.39 is 29.8 Å². The zero-order chi connectivity index (χ0) is 32.6. The summed E-state index contributed by atoms with van der Waals surface area (Å²) in [6, 6.07) is 18.1. The number of nitriles is 1. The fourth-order valence-corrected chi connectivity index (χ4v) is 5.95. The summed E-state index contributed by atoms with van der Waals surface area (Å²) in [5, 5.41) is 16.6. The summed E-state index contributed by atoms with van der Waals surface area (Å²) in [7, 11) is 2.82. The van der Waals surface area contributed by atoms with Crippen molar-refractivity contribution in [2.24, 2.45) is 0 Å². The van der Waals surface area contributed by atoms with Crippen LogP contribution in [0.5, 0.6) is 5.75 Å². The minimum Gasteiger partial charge on any atom is -0.495 e. The number of fused-ring (bicyclic) bond motifs is 3. The SMILES string of the molecule is COCC(=O)N1C[C@H]2[C@H](C1)n1ncc(NC(=O)c3ccc(OC)c(C#N)c3)c1C(=O)N2c1ccc(C(F)(F)c2ccccc2)cc1. The van der Waals surface area contributed by atoms with Gasteiger partial charge in [0.25, 0.3) is 17.7 Å². The second-order valence-corrected chi connectivity index (χ2v) is 10.9. The van der Waals surface area contributed by atoms with Gasteiger partial charge in [0.05, 0.1) is 36.6 Å². The van der Waals surface area contributed by atoms with E-state index in [4.69, 9.17) is 9.47 Å². The first kappa shape index (κ1) is 30.4. The molecular weight excluding hydrogens is 598 g/mol. The molecule has 0 unspecified atom stereocenters. The van der Waals surface area contributed by atoms with Crippen LogP contribution >= 0.6 is 0 Å². The average molecular weight is 627 g/mol. The van der Waals surface area contributed by atoms with E-state index in [1.54, 1.807) is 11.0 Å². The van der Waals surface area contributed by atoms with Crippen molar-refractivity contribution in [3.8, 4) is 11.8 Å². The standard InChI is InChI=1S/C33H28F2N6O5/c1-45-19-29(42)39-17-26-27(18-39)41-30(25(16-37-41)38-31(43)20-8-13-28(46-2)21(14-20)15-36)32(44)40(26)24-11-9-23(10-12-24)33(34,35)22-6-4-3-5-7-22/h3-14,16,26-27H,17-19H2,1-2H3,(H,38,43)/t26-,27-/m0/s1. The first-order chi connectivity index (χ1) is 22.2. The topological polar surface area (TPSA) is 130 Å². The number of nitrogens with one attached hydrogen (secondary N) is 1. The van der Waals surface area contributed by atoms with Crippen molar-refractivity contribution in [1.82, 2.24) is 14.7 Å². The fraction of sp³-hybridized carbons (Fsp3) is 0.242. The van der Waals surface area contributed by atoms with E-state index in [0.29, 0.717) is 11.4 Å². The third-order valence-electron chi connectivity index (χ3n) is 8.22. The van der Waals surface area contributed by atoms with Gasteiger partial charge in [0.1, 0.15) is 18.4 Å². The molecule has 2 atom stereocenters. The Bertz CT molecular complexity index is 1850. The average Bonchev–Trinajstić information content (AvgIpc) is 3.70. The molecule has 0 saturated carbocycles. The molecule has 2 aliphatic heterocycles. The number of aromatic nitrogens is 2. The summed E-state index contributed by atoms with van der Waals surface area (Å²) < 4.78 is 42.3. The zero-order valence-electron chi connectivity index (χ0n) is 24.8. The van der Waals surface area contributed by atoms with Crippen LogP contribution in [0.15, 0.2) is 79.0 Å². The molecule has 0 bridgehead atoms. The van der Waals surface area contributed by atoms with Crippen molar-refractivity contribution in [3.63, 3.8) is 0 Å². The summed E-state index contributed by atoms with van der Waals surface area (Å²) >= 11 is 0. The molecule has 6 rings (SSSR count). The fourth-order valence-electron chi connectivity index (χ4n) is 5.95. The number of amides is 3. The summed E-state index contributed by atoms with van der Waals surface area (Å²) in [5.41, 5.74) is 0.411. The first-order valence-corrected chi connectivity index (χ1v) is 14.3. The minimum atomic E-state index is -3.27. The molecule has 3 amide bonds. The van der Waals surface area contributed by atoms with E-state index in [0.717, 1.165) is 0 Å². The van der Waals surface area contributed by atoms with Crippen molar-refractivity contribution < 1.29 is 32.6 Å². The lowest BCUT2D eigenvalue weighted by Gasteiger charge is -2.37. The Kier molecular flexibility index (Phi) is 7.97. The number of carbonyl (C=O) groups excluding carboxylic acids is 3. The third kappa shape index (κ3) is 5.22. The van der Waals surface area contributed by atoms with Gasteiger partial charge in [-0.15, -0.1) is 0 Å². The van der Waals surface area contributed by atoms with E-state index >= 15 is 8.78 Å². The van der Waals surface area contributed by atoms with Crippen molar-refractivity contribution in [2.45, 2.75) is 18.0 Å². The third-order valence-corrected chi connectivity index (χ3v) is 8.22. The number of methoxy groups -OCH3 is 2. The van der Waals surface area contributed by atoms with Crippen LogP contribution in [0, 0.1) is 11.3 Å². The number of rotatable bonds is 8. The summed E-state index contributed by atoms with van der Waals surface area (Å²) in [4.78, 5) is 43.3. The molecule has 3 aromatic carbocycles. The smallest absolute Gasteiger partial charge is 0.298 e. The van der Waals surface area contributed by atoms with E-state index in [9.17, 15) is 19.6 Å². The largest absolute Gasteiger partial charge is 0.495 e. The summed E-state index contributed by atoms with van der Waals surface area (Å²) in [6.07, 6.45) is 1.35. The highest BCUT2D eigenvalue weighted by molar-refractivity contribution is 6.13. The van der Waals surface area contributed by atoms with Crippen LogP contribution in [-0.2, 0) is 15.5 Å². The monoisotopic (exact) mass is 626 g/mol. The van der Waals surface area contributed by atoms with Crippen LogP contribution in [0.4, 0.5) is 20.2 Å². The molecule has 11 nitrogen and oxygen atoms in total. The van der Waals surface area contributed by atoms with E-state index in [1.165, 1.54) is 96.7 Å². The maximum atomic E-state index is 15.3. The Morgan fingerprint density at radius 2 is 1.72 bits per heavy atom. The van der Waals surface area contributed by atoms with Crippen LogP contribution < -0.4 is 15.0 Å². The van der Waals surface area contributed by atoms with E-state index in [2.05, 4.69) is 10.4 Å². The van der Waals surface area contributed by atoms with Crippen LogP contribution in [0.1, 0.15) is 43.6 Å². The Morgan fingerprint density at radius 1 is 1.02 bits per heavy atom. The van der Waals surface area contributed by atoms with Gasteiger partial charge in [-0.3, -0.25) is 24.0 Å². The molecule has 0 aliphatic carbocycles. The molecule has 1 saturated heterocycles. The number of likely N-dealkylation sites (tertiary alicyclic amines) is 1. The molecule has 1 N–H and O–H groups in total. The molecule has 2 aliphatic rings. The predicted octanol–water partition coefficient (Wildman–Crippen LogP) is 4.21. The van der Waals surface area contributed by atoms with Crippen molar-refractivity contribution in [3.05, 3.63) is 107 Å². The molecular formula is C33H28F2N6O5. The minimum absolute atomic E-state index is 0.0587. The highest BCUT2D eigenvalue weighted by atomic mass is 19.3. The number of hydrogen-bond donors (Lipinski definition) is 1. The number of carbonyl (C=O) groups is 3. The predicted molar refractivity (Wildman–Crippen MR) is 162 cm³/mol. The van der Waals surface area contributed by atoms with Gasteiger partial charge in [0, 0.05) is 42.6 Å². The van der Waals surface area contributed by atoms with Crippen LogP contribution in [0.25, 0.3) is 0 Å². The van der Waals surface area contributed by atoms with Gasteiger partial charge in [-0.2, -0.15) is 19.1 Å². The molecule has 3 heterocycles. The Hall–Kier alpha value is -5.61. The Morgan fingerprint density at radius 3 is 2.39 bits per heavy atom. The van der Waals surface area contributed by atoms with Crippen molar-refractivity contribution >= 4 is 29.1 Å². The van der Waals surface area contributed by atoms with Gasteiger partial charge in [-0.1, -0.05) is 42.5 Å². The van der Waals surface area contributed by atoms with E-state index in [1.807, 2.05) is 6.07 Å². The number of hydrogen-bond acceptors (Lipinski definition) is 7. The second kappa shape index (κ2) is 12.1. The molecule has 0 radical (unpaired) electrons. The van der Waals surface area contributed by atoms with Gasteiger partial charge in [0.15, 0.2) is 5.69 Å². The highest BCUT2D eigenvalue weighted by Gasteiger charge is 2.49. The van der Waals surface area contributed by atoms with Crippen LogP contribution in [-0.4, -0.2) is 72.4 Å². The zero-order valence-corrected chi connectivity index (χ0v) is 24.8. The van der Waals surface area contributed by atoms with Gasteiger partial charge >= 0.3 is 0 Å². The molecule has 1 aromatic heterocycles. The molecule has 4 aromatic rings. The van der Waals surface area contributed by atoms with Crippen molar-refractivity contribution in [2.75, 3.05) is 44.1 Å². The number of nitrogens with zero attached hydrogens (tertiary/aromatic N) is 5. The Labute approximate surface area is 262 Å². The number of ether oxygens (including phenoxy) is 2.